The van der Waals surface area contributed by atoms with Gasteiger partial charge in [0, 0.05) is 18.7 Å². The Kier molecular flexibility index (Phi) is 2.68. The maximum absolute atomic E-state index is 10.7. The van der Waals surface area contributed by atoms with Gasteiger partial charge in [-0.05, 0) is 30.0 Å². The lowest BCUT2D eigenvalue weighted by molar-refractivity contribution is -0.384. The molecule has 0 spiro atoms. The van der Waals surface area contributed by atoms with Crippen LogP contribution in [0.2, 0.25) is 0 Å². The lowest BCUT2D eigenvalue weighted by Gasteiger charge is -2.11. The Morgan fingerprint density at radius 1 is 1.53 bits per heavy atom. The Bertz CT molecular complexity index is 390. The second-order valence-corrected chi connectivity index (χ2v) is 4.00. The van der Waals surface area contributed by atoms with Crippen molar-refractivity contribution in [2.45, 2.75) is 19.3 Å². The number of fused-ring (bicyclic) bond motifs is 1. The van der Waals surface area contributed by atoms with Gasteiger partial charge in [0.15, 0.2) is 0 Å². The minimum absolute atomic E-state index is 0.197. The number of nitrogens with one attached hydrogen (secondary N) is 1. The summed E-state index contributed by atoms with van der Waals surface area (Å²) in [4.78, 5) is 10.3. The van der Waals surface area contributed by atoms with E-state index in [1.165, 1.54) is 5.56 Å². The van der Waals surface area contributed by atoms with Gasteiger partial charge >= 0.3 is 0 Å². The van der Waals surface area contributed by atoms with E-state index in [1.54, 1.807) is 12.1 Å². The Balaban J connectivity index is 2.44. The third-order valence-corrected chi connectivity index (χ3v) is 2.89. The van der Waals surface area contributed by atoms with Crippen molar-refractivity contribution in [3.05, 3.63) is 39.4 Å². The molecule has 0 saturated heterocycles. The minimum Gasteiger partial charge on any atom is -0.316 e. The zero-order valence-corrected chi connectivity index (χ0v) is 8.69. The van der Waals surface area contributed by atoms with Gasteiger partial charge in [-0.3, -0.25) is 10.1 Å². The summed E-state index contributed by atoms with van der Waals surface area (Å²) in [5.41, 5.74) is 2.55. The molecule has 0 aromatic heterocycles. The Morgan fingerprint density at radius 2 is 2.33 bits per heavy atom. The molecule has 0 bridgehead atoms. The maximum Gasteiger partial charge on any atom is 0.269 e. The molecule has 1 atom stereocenters. The van der Waals surface area contributed by atoms with Crippen molar-refractivity contribution in [2.24, 2.45) is 0 Å². The van der Waals surface area contributed by atoms with Crippen molar-refractivity contribution < 1.29 is 4.92 Å². The van der Waals surface area contributed by atoms with Crippen LogP contribution in [0.1, 0.15) is 24.0 Å². The van der Waals surface area contributed by atoms with Gasteiger partial charge in [-0.15, -0.1) is 0 Å². The van der Waals surface area contributed by atoms with Crippen molar-refractivity contribution in [3.63, 3.8) is 0 Å². The van der Waals surface area contributed by atoms with E-state index < -0.39 is 0 Å². The molecule has 0 fully saturated rings. The van der Waals surface area contributed by atoms with Gasteiger partial charge in [0.1, 0.15) is 0 Å². The van der Waals surface area contributed by atoms with Crippen LogP contribution in [0.4, 0.5) is 5.69 Å². The van der Waals surface area contributed by atoms with E-state index in [0.717, 1.165) is 25.1 Å². The van der Waals surface area contributed by atoms with Crippen molar-refractivity contribution in [2.75, 3.05) is 13.1 Å². The Morgan fingerprint density at radius 3 is 3.07 bits per heavy atom. The highest BCUT2D eigenvalue weighted by Crippen LogP contribution is 2.26. The second kappa shape index (κ2) is 3.98. The van der Waals surface area contributed by atoms with Gasteiger partial charge in [-0.2, -0.15) is 0 Å². The monoisotopic (exact) mass is 206 g/mol. The summed E-state index contributed by atoms with van der Waals surface area (Å²) < 4.78 is 0. The number of nitro benzene ring substituents is 1. The maximum atomic E-state index is 10.7. The largest absolute Gasteiger partial charge is 0.316 e. The summed E-state index contributed by atoms with van der Waals surface area (Å²) in [6, 6.07) is 5.20. The van der Waals surface area contributed by atoms with Crippen LogP contribution in [0.5, 0.6) is 0 Å². The van der Waals surface area contributed by atoms with Crippen LogP contribution in [-0.4, -0.2) is 18.0 Å². The fraction of sp³-hybridized carbons (Fsp3) is 0.455. The predicted octanol–water partition coefficient (Wildman–Crippen LogP) is 1.84. The molecule has 0 amide bonds. The zero-order valence-electron chi connectivity index (χ0n) is 8.69. The zero-order chi connectivity index (χ0) is 10.8. The third kappa shape index (κ3) is 1.99. The SMILES string of the molecule is C[C@@H]1CNCCc2ccc([N+](=O)[O-])cc21. The second-order valence-electron chi connectivity index (χ2n) is 4.00. The average Bonchev–Trinajstić information content (AvgIpc) is 2.40. The van der Waals surface area contributed by atoms with Crippen LogP contribution in [-0.2, 0) is 6.42 Å². The molecule has 0 radical (unpaired) electrons. The molecule has 1 aliphatic heterocycles. The Labute approximate surface area is 88.5 Å². The lowest BCUT2D eigenvalue weighted by atomic mass is 9.95. The summed E-state index contributed by atoms with van der Waals surface area (Å²) in [5.74, 6) is 0.349. The summed E-state index contributed by atoms with van der Waals surface area (Å²) >= 11 is 0. The molecule has 1 heterocycles. The van der Waals surface area contributed by atoms with E-state index in [0.29, 0.717) is 5.92 Å². The van der Waals surface area contributed by atoms with E-state index in [2.05, 4.69) is 12.2 Å². The van der Waals surface area contributed by atoms with Gasteiger partial charge in [-0.1, -0.05) is 13.0 Å². The van der Waals surface area contributed by atoms with Crippen LogP contribution >= 0.6 is 0 Å². The molecule has 0 saturated carbocycles. The molecular formula is C11H14N2O2. The first-order valence-corrected chi connectivity index (χ1v) is 5.16. The molecule has 4 nitrogen and oxygen atoms in total. The average molecular weight is 206 g/mol. The van der Waals surface area contributed by atoms with Gasteiger partial charge in [0.25, 0.3) is 5.69 Å². The van der Waals surface area contributed by atoms with E-state index in [4.69, 9.17) is 0 Å². The number of nitro groups is 1. The fourth-order valence-corrected chi connectivity index (χ4v) is 2.03. The van der Waals surface area contributed by atoms with E-state index >= 15 is 0 Å². The highest BCUT2D eigenvalue weighted by Gasteiger charge is 2.17. The Hall–Kier alpha value is -1.42. The van der Waals surface area contributed by atoms with Crippen molar-refractivity contribution >= 4 is 5.69 Å². The fourth-order valence-electron chi connectivity index (χ4n) is 2.03. The minimum atomic E-state index is -0.328. The van der Waals surface area contributed by atoms with Crippen molar-refractivity contribution in [1.82, 2.24) is 5.32 Å². The molecule has 1 aromatic carbocycles. The van der Waals surface area contributed by atoms with Crippen LogP contribution in [0.15, 0.2) is 18.2 Å². The molecule has 1 aromatic rings. The third-order valence-electron chi connectivity index (χ3n) is 2.89. The van der Waals surface area contributed by atoms with Crippen molar-refractivity contribution in [1.29, 1.82) is 0 Å². The molecule has 15 heavy (non-hydrogen) atoms. The molecule has 0 aliphatic carbocycles. The molecule has 80 valence electrons. The topological polar surface area (TPSA) is 55.2 Å². The number of benzene rings is 1. The molecule has 1 N–H and O–H groups in total. The van der Waals surface area contributed by atoms with Crippen molar-refractivity contribution in [3.8, 4) is 0 Å². The van der Waals surface area contributed by atoms with E-state index in [1.807, 2.05) is 6.07 Å². The molecule has 2 rings (SSSR count). The standard InChI is InChI=1S/C11H14N2O2/c1-8-7-12-5-4-9-2-3-10(13(14)15)6-11(8)9/h2-3,6,8,12H,4-5,7H2,1H3/t8-/m1/s1. The van der Waals surface area contributed by atoms with Gasteiger partial charge in [0.05, 0.1) is 4.92 Å². The van der Waals surface area contributed by atoms with Gasteiger partial charge in [-0.25, -0.2) is 0 Å². The van der Waals surface area contributed by atoms with E-state index in [9.17, 15) is 10.1 Å². The quantitative estimate of drug-likeness (QED) is 0.563. The highest BCUT2D eigenvalue weighted by atomic mass is 16.6. The summed E-state index contributed by atoms with van der Waals surface area (Å²) in [6.07, 6.45) is 0.956. The van der Waals surface area contributed by atoms with Crippen LogP contribution in [0, 0.1) is 10.1 Å². The molecular weight excluding hydrogens is 192 g/mol. The first-order valence-electron chi connectivity index (χ1n) is 5.16. The predicted molar refractivity (Wildman–Crippen MR) is 58.1 cm³/mol. The smallest absolute Gasteiger partial charge is 0.269 e. The number of non-ortho nitro benzene ring substituents is 1. The number of rotatable bonds is 1. The van der Waals surface area contributed by atoms with E-state index in [-0.39, 0.29) is 10.6 Å². The summed E-state index contributed by atoms with van der Waals surface area (Å²) in [6.45, 7) is 3.95. The first-order chi connectivity index (χ1) is 7.18. The normalized spacial score (nSPS) is 20.5. The van der Waals surface area contributed by atoms with Crippen LogP contribution in [0.3, 0.4) is 0 Å². The van der Waals surface area contributed by atoms with Gasteiger partial charge in [0.2, 0.25) is 0 Å². The number of hydrogen-bond donors (Lipinski definition) is 1. The number of hydrogen-bond acceptors (Lipinski definition) is 3. The molecule has 1 aliphatic rings. The number of nitrogens with zero attached hydrogens (tertiary/aromatic N) is 1. The summed E-state index contributed by atoms with van der Waals surface area (Å²) in [5, 5.41) is 14.0. The molecule has 4 heteroatoms. The van der Waals surface area contributed by atoms with Crippen LogP contribution in [0.25, 0.3) is 0 Å². The summed E-state index contributed by atoms with van der Waals surface area (Å²) in [7, 11) is 0. The lowest BCUT2D eigenvalue weighted by Crippen LogP contribution is -2.18. The van der Waals surface area contributed by atoms with Gasteiger partial charge < -0.3 is 5.32 Å². The molecule has 0 unspecified atom stereocenters. The highest BCUT2D eigenvalue weighted by molar-refractivity contribution is 5.42. The first kappa shape index (κ1) is 10.1. The van der Waals surface area contributed by atoms with Crippen LogP contribution < -0.4 is 5.32 Å².